The molecule has 0 spiro atoms. The second-order valence-corrected chi connectivity index (χ2v) is 6.19. The maximum Gasteiger partial charge on any atom is 0.226 e. The zero-order valence-electron chi connectivity index (χ0n) is 12.6. The quantitative estimate of drug-likeness (QED) is 0.883. The van der Waals surface area contributed by atoms with Crippen molar-refractivity contribution in [2.75, 3.05) is 11.9 Å². The van der Waals surface area contributed by atoms with Crippen LogP contribution < -0.4 is 4.90 Å². The van der Waals surface area contributed by atoms with Gasteiger partial charge in [0.2, 0.25) is 5.95 Å². The molecular weight excluding hydrogens is 284 g/mol. The molecule has 3 rings (SSSR count). The zero-order chi connectivity index (χ0) is 14.8. The third-order valence-electron chi connectivity index (χ3n) is 4.27. The van der Waals surface area contributed by atoms with Crippen LogP contribution in [0.1, 0.15) is 44.0 Å². The highest BCUT2D eigenvalue weighted by Gasteiger charge is 2.22. The molecule has 21 heavy (non-hydrogen) atoms. The summed E-state index contributed by atoms with van der Waals surface area (Å²) in [6.45, 7) is 0.718. The number of H-pyrrole nitrogens is 1. The van der Waals surface area contributed by atoms with Crippen molar-refractivity contribution in [3.63, 3.8) is 0 Å². The van der Waals surface area contributed by atoms with Gasteiger partial charge in [0, 0.05) is 32.5 Å². The number of anilines is 1. The van der Waals surface area contributed by atoms with E-state index in [1.807, 2.05) is 31.1 Å². The predicted molar refractivity (Wildman–Crippen MR) is 84.8 cm³/mol. The normalized spacial score (nSPS) is 16.3. The summed E-state index contributed by atoms with van der Waals surface area (Å²) in [5.41, 5.74) is 0. The summed E-state index contributed by atoms with van der Waals surface area (Å²) in [5, 5.41) is 7.39. The van der Waals surface area contributed by atoms with Crippen LogP contribution in [-0.4, -0.2) is 31.4 Å². The minimum atomic E-state index is 0.476. The first-order chi connectivity index (χ1) is 10.2. The number of hydrogen-bond acceptors (Lipinski definition) is 4. The van der Waals surface area contributed by atoms with Crippen molar-refractivity contribution in [3.05, 3.63) is 23.0 Å². The summed E-state index contributed by atoms with van der Waals surface area (Å²) in [6.07, 6.45) is 10.1. The van der Waals surface area contributed by atoms with Gasteiger partial charge in [0.15, 0.2) is 4.77 Å². The summed E-state index contributed by atoms with van der Waals surface area (Å²) in [6, 6.07) is 0.476. The summed E-state index contributed by atoms with van der Waals surface area (Å²) in [7, 11) is 4.05. The molecule has 2 aromatic rings. The number of aryl methyl sites for hydroxylation is 1. The lowest BCUT2D eigenvalue weighted by atomic mass is 9.95. The first kappa shape index (κ1) is 14.3. The van der Waals surface area contributed by atoms with E-state index in [-0.39, 0.29) is 0 Å². The Kier molecular flexibility index (Phi) is 4.10. The van der Waals surface area contributed by atoms with E-state index in [4.69, 9.17) is 12.2 Å². The monoisotopic (exact) mass is 306 g/mol. The molecule has 7 heteroatoms. The molecule has 114 valence electrons. The molecule has 0 aromatic carbocycles. The van der Waals surface area contributed by atoms with Crippen molar-refractivity contribution in [3.8, 4) is 0 Å². The fourth-order valence-corrected chi connectivity index (χ4v) is 3.34. The third-order valence-corrected chi connectivity index (χ3v) is 4.55. The second kappa shape index (κ2) is 6.01. The van der Waals surface area contributed by atoms with Crippen LogP contribution in [0.3, 0.4) is 0 Å². The average Bonchev–Trinajstić information content (AvgIpc) is 3.06. The van der Waals surface area contributed by atoms with E-state index >= 15 is 0 Å². The smallest absolute Gasteiger partial charge is 0.226 e. The van der Waals surface area contributed by atoms with Crippen LogP contribution in [0.25, 0.3) is 0 Å². The zero-order valence-corrected chi connectivity index (χ0v) is 13.4. The molecule has 0 radical (unpaired) electrons. The van der Waals surface area contributed by atoms with Gasteiger partial charge in [-0.25, -0.2) is 10.1 Å². The van der Waals surface area contributed by atoms with Crippen LogP contribution in [-0.2, 0) is 13.6 Å². The molecule has 0 unspecified atom stereocenters. The first-order valence-corrected chi connectivity index (χ1v) is 7.92. The van der Waals surface area contributed by atoms with Gasteiger partial charge in [-0.2, -0.15) is 0 Å². The minimum Gasteiger partial charge on any atom is -0.337 e. The molecule has 0 bridgehead atoms. The van der Waals surface area contributed by atoms with Crippen LogP contribution in [0.2, 0.25) is 0 Å². The van der Waals surface area contributed by atoms with E-state index in [2.05, 4.69) is 24.6 Å². The van der Waals surface area contributed by atoms with E-state index in [9.17, 15) is 0 Å². The molecule has 2 heterocycles. The molecule has 1 aliphatic carbocycles. The van der Waals surface area contributed by atoms with Crippen molar-refractivity contribution >= 4 is 18.2 Å². The van der Waals surface area contributed by atoms with E-state index in [0.717, 1.165) is 23.1 Å². The average molecular weight is 306 g/mol. The predicted octanol–water partition coefficient (Wildman–Crippen LogP) is 2.82. The lowest BCUT2D eigenvalue weighted by Gasteiger charge is -2.27. The fraction of sp³-hybridized carbons (Fsp3) is 0.643. The maximum atomic E-state index is 5.44. The second-order valence-electron chi connectivity index (χ2n) is 5.80. The fourth-order valence-electron chi connectivity index (χ4n) is 3.07. The molecule has 1 saturated carbocycles. The number of nitrogens with zero attached hydrogens (tertiary/aromatic N) is 5. The largest absolute Gasteiger partial charge is 0.337 e. The molecule has 1 aliphatic rings. The molecule has 1 fully saturated rings. The number of aromatic nitrogens is 5. The highest BCUT2D eigenvalue weighted by molar-refractivity contribution is 7.71. The minimum absolute atomic E-state index is 0.476. The van der Waals surface area contributed by atoms with E-state index < -0.39 is 0 Å². The van der Waals surface area contributed by atoms with Crippen molar-refractivity contribution < 1.29 is 0 Å². The number of rotatable bonds is 4. The van der Waals surface area contributed by atoms with Gasteiger partial charge in [-0.3, -0.25) is 4.57 Å². The Hall–Kier alpha value is -1.63. The van der Waals surface area contributed by atoms with Crippen molar-refractivity contribution in [1.29, 1.82) is 0 Å². The van der Waals surface area contributed by atoms with Gasteiger partial charge in [-0.05, 0) is 25.1 Å². The van der Waals surface area contributed by atoms with Crippen LogP contribution in [0.4, 0.5) is 5.95 Å². The van der Waals surface area contributed by atoms with Crippen molar-refractivity contribution in [2.45, 2.75) is 44.7 Å². The first-order valence-electron chi connectivity index (χ1n) is 7.51. The van der Waals surface area contributed by atoms with Gasteiger partial charge in [-0.15, -0.1) is 5.10 Å². The Bertz CT molecular complexity index is 648. The maximum absolute atomic E-state index is 5.44. The number of imidazole rings is 1. The summed E-state index contributed by atoms with van der Waals surface area (Å²) in [5.74, 6) is 1.93. The highest BCUT2D eigenvalue weighted by atomic mass is 32.1. The lowest BCUT2D eigenvalue weighted by Crippen LogP contribution is -2.25. The van der Waals surface area contributed by atoms with Crippen LogP contribution in [0.15, 0.2) is 12.4 Å². The Morgan fingerprint density at radius 1 is 1.38 bits per heavy atom. The summed E-state index contributed by atoms with van der Waals surface area (Å²) >= 11 is 5.44. The molecule has 2 aromatic heterocycles. The molecule has 0 atom stereocenters. The highest BCUT2D eigenvalue weighted by Crippen LogP contribution is 2.31. The Morgan fingerprint density at radius 2 is 2.14 bits per heavy atom. The van der Waals surface area contributed by atoms with Crippen molar-refractivity contribution in [2.24, 2.45) is 7.05 Å². The van der Waals surface area contributed by atoms with Gasteiger partial charge in [0.25, 0.3) is 0 Å². The number of nitrogens with one attached hydrogen (secondary N) is 1. The number of hydrogen-bond donors (Lipinski definition) is 1. The van der Waals surface area contributed by atoms with Crippen LogP contribution in [0.5, 0.6) is 0 Å². The van der Waals surface area contributed by atoms with E-state index in [1.165, 1.54) is 32.1 Å². The van der Waals surface area contributed by atoms with E-state index in [1.54, 1.807) is 0 Å². The summed E-state index contributed by atoms with van der Waals surface area (Å²) < 4.78 is 4.95. The van der Waals surface area contributed by atoms with Gasteiger partial charge < -0.3 is 9.47 Å². The van der Waals surface area contributed by atoms with Crippen LogP contribution >= 0.6 is 12.2 Å². The van der Waals surface area contributed by atoms with Gasteiger partial charge >= 0.3 is 0 Å². The Morgan fingerprint density at radius 3 is 2.81 bits per heavy atom. The Balaban J connectivity index is 1.84. The van der Waals surface area contributed by atoms with Gasteiger partial charge in [0.05, 0.1) is 6.54 Å². The van der Waals surface area contributed by atoms with Gasteiger partial charge in [0.1, 0.15) is 5.82 Å². The molecule has 0 aliphatic heterocycles. The SMILES string of the molecule is CN(Cc1nccn1C)c1n[nH]c(=S)n1C1CCCCC1. The third kappa shape index (κ3) is 2.88. The molecule has 0 saturated heterocycles. The number of aromatic amines is 1. The standard InChI is InChI=1S/C14H22N6S/c1-18-9-8-15-12(18)10-19(2)13-16-17-14(21)20(13)11-6-4-3-5-7-11/h8-9,11H,3-7,10H2,1-2H3,(H,17,21). The topological polar surface area (TPSA) is 54.7 Å². The van der Waals surface area contributed by atoms with Crippen molar-refractivity contribution in [1.82, 2.24) is 24.3 Å². The molecular formula is C14H22N6S. The van der Waals surface area contributed by atoms with Gasteiger partial charge in [-0.1, -0.05) is 19.3 Å². The summed E-state index contributed by atoms with van der Waals surface area (Å²) in [4.78, 5) is 6.49. The Labute approximate surface area is 129 Å². The lowest BCUT2D eigenvalue weighted by molar-refractivity contribution is 0.350. The van der Waals surface area contributed by atoms with E-state index in [0.29, 0.717) is 6.04 Å². The molecule has 6 nitrogen and oxygen atoms in total. The molecule has 0 amide bonds. The van der Waals surface area contributed by atoms with Crippen LogP contribution in [0, 0.1) is 4.77 Å². The molecule has 1 N–H and O–H groups in total.